The number of aromatic nitrogens is 3. The van der Waals surface area contributed by atoms with Crippen LogP contribution in [-0.2, 0) is 11.3 Å². The molecule has 0 radical (unpaired) electrons. The second-order valence-electron chi connectivity index (χ2n) is 8.37. The number of anilines is 2. The van der Waals surface area contributed by atoms with Crippen molar-refractivity contribution < 1.29 is 9.18 Å². The number of fused-ring (bicyclic) bond motifs is 1. The summed E-state index contributed by atoms with van der Waals surface area (Å²) in [6, 6.07) is 4.11. The first-order valence-electron chi connectivity index (χ1n) is 10.7. The minimum atomic E-state index is -0.604. The number of benzene rings is 1. The summed E-state index contributed by atoms with van der Waals surface area (Å²) in [7, 11) is 0. The minimum Gasteiger partial charge on any atom is -0.348 e. The highest BCUT2D eigenvalue weighted by molar-refractivity contribution is 7.22. The molecular formula is C22H26FN5O3S. The third-order valence-electron chi connectivity index (χ3n) is 5.55. The van der Waals surface area contributed by atoms with Crippen molar-refractivity contribution in [2.24, 2.45) is 0 Å². The number of carbonyl (C=O) groups excluding carboxylic acids is 1. The highest BCUT2D eigenvalue weighted by Crippen LogP contribution is 2.28. The van der Waals surface area contributed by atoms with Gasteiger partial charge in [0.15, 0.2) is 10.8 Å². The molecule has 0 aliphatic carbocycles. The zero-order chi connectivity index (χ0) is 23.0. The van der Waals surface area contributed by atoms with Crippen molar-refractivity contribution in [1.29, 1.82) is 0 Å². The van der Waals surface area contributed by atoms with E-state index in [2.05, 4.69) is 15.2 Å². The predicted octanol–water partition coefficient (Wildman–Crippen LogP) is 3.28. The van der Waals surface area contributed by atoms with Gasteiger partial charge in [0.1, 0.15) is 17.1 Å². The lowest BCUT2D eigenvalue weighted by Crippen LogP contribution is -2.42. The van der Waals surface area contributed by atoms with Gasteiger partial charge in [-0.05, 0) is 57.7 Å². The zero-order valence-corrected chi connectivity index (χ0v) is 19.2. The molecule has 0 atom stereocenters. The van der Waals surface area contributed by atoms with Crippen molar-refractivity contribution in [3.63, 3.8) is 0 Å². The maximum Gasteiger partial charge on any atom is 0.333 e. The van der Waals surface area contributed by atoms with Gasteiger partial charge >= 0.3 is 5.69 Å². The molecule has 3 aromatic rings. The number of hydrogen-bond acceptors (Lipinski definition) is 6. The lowest BCUT2D eigenvalue weighted by molar-refractivity contribution is -0.116. The van der Waals surface area contributed by atoms with Gasteiger partial charge in [-0.2, -0.15) is 0 Å². The summed E-state index contributed by atoms with van der Waals surface area (Å²) in [5.41, 5.74) is -0.0407. The number of nitrogens with one attached hydrogen (secondary N) is 1. The van der Waals surface area contributed by atoms with Crippen LogP contribution in [0.15, 0.2) is 27.8 Å². The molecule has 3 heterocycles. The van der Waals surface area contributed by atoms with Crippen LogP contribution in [0.5, 0.6) is 0 Å². The predicted molar refractivity (Wildman–Crippen MR) is 124 cm³/mol. The molecule has 1 aliphatic heterocycles. The van der Waals surface area contributed by atoms with Crippen LogP contribution < -0.4 is 21.5 Å². The number of rotatable bonds is 5. The molecule has 1 saturated heterocycles. The normalized spacial score (nSPS) is 14.3. The molecule has 0 unspecified atom stereocenters. The Kier molecular flexibility index (Phi) is 6.14. The van der Waals surface area contributed by atoms with Crippen molar-refractivity contribution in [3.05, 3.63) is 50.4 Å². The molecule has 8 nitrogen and oxygen atoms in total. The molecule has 1 amide bonds. The molecule has 10 heteroatoms. The maximum absolute atomic E-state index is 14.2. The highest BCUT2D eigenvalue weighted by Gasteiger charge is 2.23. The molecule has 32 heavy (non-hydrogen) atoms. The van der Waals surface area contributed by atoms with Crippen molar-refractivity contribution >= 4 is 38.4 Å². The Bertz CT molecular complexity index is 1290. The number of nitrogens with zero attached hydrogens (tertiary/aromatic N) is 4. The Morgan fingerprint density at radius 3 is 2.59 bits per heavy atom. The van der Waals surface area contributed by atoms with Crippen molar-refractivity contribution in [2.75, 3.05) is 23.3 Å². The van der Waals surface area contributed by atoms with Crippen molar-refractivity contribution in [3.8, 4) is 0 Å². The van der Waals surface area contributed by atoms with Crippen LogP contribution in [-0.4, -0.2) is 33.1 Å². The maximum atomic E-state index is 14.2. The van der Waals surface area contributed by atoms with Gasteiger partial charge in [-0.15, -0.1) is 0 Å². The standard InChI is InChI=1S/C22H26FN5O3S/c1-13(2)28-20(30)18-19(25-21(32-18)26-9-5-4-6-10-26)27(22(28)31)12-17(29)24-16-8-7-14(3)11-15(16)23/h7-8,11,13H,4-6,9-10,12H2,1-3H3,(H,24,29). The van der Waals surface area contributed by atoms with Gasteiger partial charge in [0.05, 0.1) is 5.69 Å². The molecule has 0 saturated carbocycles. The van der Waals surface area contributed by atoms with E-state index in [1.807, 2.05) is 0 Å². The van der Waals surface area contributed by atoms with E-state index in [1.54, 1.807) is 26.8 Å². The summed E-state index contributed by atoms with van der Waals surface area (Å²) in [5.74, 6) is -1.12. The van der Waals surface area contributed by atoms with Crippen LogP contribution in [0.1, 0.15) is 44.7 Å². The quantitative estimate of drug-likeness (QED) is 0.633. The summed E-state index contributed by atoms with van der Waals surface area (Å²) in [6.45, 7) is 6.55. The second kappa shape index (κ2) is 8.85. The number of hydrogen-bond donors (Lipinski definition) is 1. The Labute approximate surface area is 188 Å². The van der Waals surface area contributed by atoms with Crippen LogP contribution in [0.3, 0.4) is 0 Å². The van der Waals surface area contributed by atoms with Crippen molar-refractivity contribution in [1.82, 2.24) is 14.1 Å². The summed E-state index contributed by atoms with van der Waals surface area (Å²) < 4.78 is 16.9. The van der Waals surface area contributed by atoms with E-state index in [4.69, 9.17) is 0 Å². The number of halogens is 1. The van der Waals surface area contributed by atoms with Gasteiger partial charge in [-0.25, -0.2) is 14.2 Å². The fraction of sp³-hybridized carbons (Fsp3) is 0.455. The summed E-state index contributed by atoms with van der Waals surface area (Å²) in [5, 5.41) is 3.19. The molecule has 0 bridgehead atoms. The van der Waals surface area contributed by atoms with Gasteiger partial charge in [0.2, 0.25) is 5.91 Å². The van der Waals surface area contributed by atoms with Crippen LogP contribution in [0.25, 0.3) is 10.3 Å². The van der Waals surface area contributed by atoms with Crippen molar-refractivity contribution in [2.45, 2.75) is 52.6 Å². The van der Waals surface area contributed by atoms with Crippen LogP contribution in [0, 0.1) is 12.7 Å². The third-order valence-corrected chi connectivity index (χ3v) is 6.64. The SMILES string of the molecule is Cc1ccc(NC(=O)Cn2c(=O)n(C(C)C)c(=O)c3sc(N4CCCCC4)nc32)c(F)c1. The van der Waals surface area contributed by atoms with E-state index in [0.29, 0.717) is 9.83 Å². The average Bonchev–Trinajstić information content (AvgIpc) is 3.19. The highest BCUT2D eigenvalue weighted by atomic mass is 32.1. The fourth-order valence-corrected chi connectivity index (χ4v) is 4.97. The Morgan fingerprint density at radius 1 is 1.22 bits per heavy atom. The number of aryl methyl sites for hydroxylation is 1. The molecule has 170 valence electrons. The van der Waals surface area contributed by atoms with E-state index < -0.39 is 23.0 Å². The molecule has 0 spiro atoms. The molecule has 2 aromatic heterocycles. The Morgan fingerprint density at radius 2 is 1.94 bits per heavy atom. The summed E-state index contributed by atoms with van der Waals surface area (Å²) in [6.07, 6.45) is 3.24. The number of thiazole rings is 1. The second-order valence-corrected chi connectivity index (χ2v) is 9.34. The first-order valence-corrected chi connectivity index (χ1v) is 11.5. The Hall–Kier alpha value is -3.01. The smallest absolute Gasteiger partial charge is 0.333 e. The third kappa shape index (κ3) is 4.19. The van der Waals surface area contributed by atoms with Gasteiger partial charge in [-0.1, -0.05) is 17.4 Å². The summed E-state index contributed by atoms with van der Waals surface area (Å²) in [4.78, 5) is 45.6. The van der Waals surface area contributed by atoms with E-state index in [-0.39, 0.29) is 23.9 Å². The van der Waals surface area contributed by atoms with Gasteiger partial charge < -0.3 is 10.2 Å². The average molecular weight is 460 g/mol. The van der Waals surface area contributed by atoms with Crippen LogP contribution in [0.2, 0.25) is 0 Å². The topological polar surface area (TPSA) is 89.2 Å². The first-order chi connectivity index (χ1) is 15.3. The number of piperidine rings is 1. The van der Waals surface area contributed by atoms with E-state index in [1.165, 1.54) is 28.0 Å². The van der Waals surface area contributed by atoms with E-state index >= 15 is 0 Å². The van der Waals surface area contributed by atoms with Crippen LogP contribution >= 0.6 is 11.3 Å². The number of carbonyl (C=O) groups is 1. The molecular weight excluding hydrogens is 433 g/mol. The molecule has 1 aromatic carbocycles. The number of amides is 1. The first kappa shape index (κ1) is 22.2. The van der Waals surface area contributed by atoms with Gasteiger partial charge in [0, 0.05) is 19.1 Å². The van der Waals surface area contributed by atoms with E-state index in [0.717, 1.165) is 42.5 Å². The lowest BCUT2D eigenvalue weighted by Gasteiger charge is -2.25. The zero-order valence-electron chi connectivity index (χ0n) is 18.4. The lowest BCUT2D eigenvalue weighted by atomic mass is 10.1. The summed E-state index contributed by atoms with van der Waals surface area (Å²) >= 11 is 1.25. The minimum absolute atomic E-state index is 0.0364. The Balaban J connectivity index is 1.76. The van der Waals surface area contributed by atoms with Gasteiger partial charge in [-0.3, -0.25) is 18.7 Å². The molecule has 4 rings (SSSR count). The monoisotopic (exact) mass is 459 g/mol. The largest absolute Gasteiger partial charge is 0.348 e. The van der Waals surface area contributed by atoms with Gasteiger partial charge in [0.25, 0.3) is 5.56 Å². The molecule has 1 fully saturated rings. The van der Waals surface area contributed by atoms with E-state index in [9.17, 15) is 18.8 Å². The fourth-order valence-electron chi connectivity index (χ4n) is 3.91. The molecule has 1 N–H and O–H groups in total. The molecule has 1 aliphatic rings. The van der Waals surface area contributed by atoms with Crippen LogP contribution in [0.4, 0.5) is 15.2 Å².